The Bertz CT molecular complexity index is 1230. The Morgan fingerprint density at radius 1 is 0.844 bits per heavy atom. The lowest BCUT2D eigenvalue weighted by atomic mass is 10.0. The fraction of sp³-hybridized carbons (Fsp3) is 0.174. The van der Waals surface area contributed by atoms with Gasteiger partial charge in [0.25, 0.3) is 0 Å². The molecule has 0 heterocycles. The van der Waals surface area contributed by atoms with Gasteiger partial charge in [0.15, 0.2) is 21.3 Å². The van der Waals surface area contributed by atoms with E-state index in [1.54, 1.807) is 24.3 Å². The number of methoxy groups -OCH3 is 3. The zero-order valence-electron chi connectivity index (χ0n) is 17.8. The van der Waals surface area contributed by atoms with Crippen LogP contribution in [-0.4, -0.2) is 42.0 Å². The first kappa shape index (κ1) is 23.4. The van der Waals surface area contributed by atoms with Crippen molar-refractivity contribution < 1.29 is 32.2 Å². The maximum atomic E-state index is 12.8. The molecule has 9 heteroatoms. The molecule has 0 aromatic heterocycles. The molecule has 0 N–H and O–H groups in total. The zero-order valence-corrected chi connectivity index (χ0v) is 19.4. The van der Waals surface area contributed by atoms with Crippen LogP contribution in [0.5, 0.6) is 23.0 Å². The first-order valence-corrected chi connectivity index (χ1v) is 11.6. The molecular formula is C23H21ClO7S. The summed E-state index contributed by atoms with van der Waals surface area (Å²) in [5, 5.41) is 0.404. The largest absolute Gasteiger partial charge is 0.493 e. The first-order chi connectivity index (χ1) is 15.2. The second-order valence-corrected chi connectivity index (χ2v) is 9.16. The summed E-state index contributed by atoms with van der Waals surface area (Å²) in [6.07, 6.45) is 1.13. The maximum Gasteiger partial charge on any atom is 0.343 e. The molecule has 3 aromatic carbocycles. The Labute approximate surface area is 191 Å². The lowest BCUT2D eigenvalue weighted by Gasteiger charge is -2.14. The Morgan fingerprint density at radius 2 is 1.44 bits per heavy atom. The van der Waals surface area contributed by atoms with Crippen molar-refractivity contribution in [3.8, 4) is 34.1 Å². The first-order valence-electron chi connectivity index (χ1n) is 9.30. The van der Waals surface area contributed by atoms with E-state index in [1.807, 2.05) is 0 Å². The van der Waals surface area contributed by atoms with Crippen LogP contribution in [0.25, 0.3) is 11.1 Å². The van der Waals surface area contributed by atoms with Crippen molar-refractivity contribution in [1.82, 2.24) is 0 Å². The molecule has 32 heavy (non-hydrogen) atoms. The van der Waals surface area contributed by atoms with Gasteiger partial charge in [-0.25, -0.2) is 13.2 Å². The third-order valence-electron chi connectivity index (χ3n) is 4.64. The average Bonchev–Trinajstić information content (AvgIpc) is 2.78. The van der Waals surface area contributed by atoms with Crippen LogP contribution in [0.3, 0.4) is 0 Å². The second kappa shape index (κ2) is 9.50. The van der Waals surface area contributed by atoms with Crippen molar-refractivity contribution in [2.45, 2.75) is 4.90 Å². The molecule has 0 fully saturated rings. The lowest BCUT2D eigenvalue weighted by molar-refractivity contribution is 0.0734. The molecule has 0 atom stereocenters. The van der Waals surface area contributed by atoms with E-state index in [-0.39, 0.29) is 16.2 Å². The van der Waals surface area contributed by atoms with Crippen molar-refractivity contribution in [2.24, 2.45) is 0 Å². The fourth-order valence-electron chi connectivity index (χ4n) is 3.04. The number of sulfone groups is 1. The molecule has 0 aliphatic heterocycles. The number of carbonyl (C=O) groups excluding carboxylic acids is 1. The van der Waals surface area contributed by atoms with Crippen LogP contribution in [0.15, 0.2) is 59.5 Å². The third-order valence-corrected chi connectivity index (χ3v) is 6.10. The van der Waals surface area contributed by atoms with Crippen LogP contribution in [0, 0.1) is 0 Å². The van der Waals surface area contributed by atoms with E-state index in [0.717, 1.165) is 6.26 Å². The van der Waals surface area contributed by atoms with E-state index in [4.69, 9.17) is 30.5 Å². The molecule has 0 amide bonds. The van der Waals surface area contributed by atoms with Crippen molar-refractivity contribution in [3.05, 3.63) is 65.2 Å². The van der Waals surface area contributed by atoms with Gasteiger partial charge in [-0.05, 0) is 35.9 Å². The zero-order chi connectivity index (χ0) is 23.5. The number of benzene rings is 3. The maximum absolute atomic E-state index is 12.8. The Hall–Kier alpha value is -3.23. The van der Waals surface area contributed by atoms with Crippen LogP contribution >= 0.6 is 11.6 Å². The van der Waals surface area contributed by atoms with Gasteiger partial charge >= 0.3 is 5.97 Å². The minimum absolute atomic E-state index is 0.190. The van der Waals surface area contributed by atoms with Gasteiger partial charge in [-0.3, -0.25) is 0 Å². The second-order valence-electron chi connectivity index (χ2n) is 6.74. The summed E-state index contributed by atoms with van der Waals surface area (Å²) in [6, 6.07) is 14.0. The van der Waals surface area contributed by atoms with Crippen molar-refractivity contribution in [3.63, 3.8) is 0 Å². The van der Waals surface area contributed by atoms with Crippen molar-refractivity contribution in [1.29, 1.82) is 0 Å². The number of halogens is 1. The average molecular weight is 477 g/mol. The topological polar surface area (TPSA) is 88.1 Å². The number of rotatable bonds is 7. The van der Waals surface area contributed by atoms with Crippen molar-refractivity contribution >= 4 is 27.4 Å². The summed E-state index contributed by atoms with van der Waals surface area (Å²) in [5.41, 5.74) is 1.47. The normalized spacial score (nSPS) is 11.0. The van der Waals surface area contributed by atoms with Crippen LogP contribution in [0.4, 0.5) is 0 Å². The van der Waals surface area contributed by atoms with E-state index in [9.17, 15) is 13.2 Å². The highest BCUT2D eigenvalue weighted by molar-refractivity contribution is 7.90. The van der Waals surface area contributed by atoms with Gasteiger partial charge in [-0.15, -0.1) is 0 Å². The van der Waals surface area contributed by atoms with Crippen LogP contribution in [0.1, 0.15) is 10.4 Å². The number of esters is 1. The monoisotopic (exact) mass is 476 g/mol. The van der Waals surface area contributed by atoms with Crippen LogP contribution in [-0.2, 0) is 9.84 Å². The van der Waals surface area contributed by atoms with Gasteiger partial charge < -0.3 is 18.9 Å². The third kappa shape index (κ3) is 4.98. The number of carbonyl (C=O) groups is 1. The van der Waals surface area contributed by atoms with Gasteiger partial charge in [0.05, 0.1) is 31.8 Å². The summed E-state index contributed by atoms with van der Waals surface area (Å²) in [5.74, 6) is 0.652. The number of hydrogen-bond acceptors (Lipinski definition) is 7. The van der Waals surface area contributed by atoms with Gasteiger partial charge in [0.1, 0.15) is 5.75 Å². The minimum Gasteiger partial charge on any atom is -0.493 e. The summed E-state index contributed by atoms with van der Waals surface area (Å²) < 4.78 is 44.7. The van der Waals surface area contributed by atoms with E-state index in [2.05, 4.69) is 0 Å². The standard InChI is InChI=1S/C23H21ClO7S/c1-28-20-12-16(13-21(29-2)22(20)30-3)31-23(25)15-7-10-19(24)18(11-15)14-5-8-17(9-6-14)32(4,26)27/h5-13H,1-4H3. The van der Waals surface area contributed by atoms with Gasteiger partial charge in [0, 0.05) is 29.0 Å². The van der Waals surface area contributed by atoms with E-state index in [1.165, 1.54) is 51.7 Å². The predicted octanol–water partition coefficient (Wildman–Crippen LogP) is 4.66. The molecule has 0 saturated carbocycles. The Morgan fingerprint density at radius 3 is 1.94 bits per heavy atom. The van der Waals surface area contributed by atoms with E-state index in [0.29, 0.717) is 33.4 Å². The van der Waals surface area contributed by atoms with Gasteiger partial charge in [0.2, 0.25) is 5.75 Å². The SMILES string of the molecule is COc1cc(OC(=O)c2ccc(Cl)c(-c3ccc(S(C)(=O)=O)cc3)c2)cc(OC)c1OC. The van der Waals surface area contributed by atoms with E-state index >= 15 is 0 Å². The minimum atomic E-state index is -3.32. The van der Waals surface area contributed by atoms with Crippen LogP contribution < -0.4 is 18.9 Å². The smallest absolute Gasteiger partial charge is 0.343 e. The van der Waals surface area contributed by atoms with Crippen LogP contribution in [0.2, 0.25) is 5.02 Å². The highest BCUT2D eigenvalue weighted by Gasteiger charge is 2.18. The summed E-state index contributed by atoms with van der Waals surface area (Å²) in [7, 11) is 1.08. The summed E-state index contributed by atoms with van der Waals surface area (Å²) >= 11 is 6.32. The lowest BCUT2D eigenvalue weighted by Crippen LogP contribution is -2.09. The molecule has 168 valence electrons. The summed E-state index contributed by atoms with van der Waals surface area (Å²) in [6.45, 7) is 0. The number of ether oxygens (including phenoxy) is 4. The molecule has 3 rings (SSSR count). The molecule has 0 bridgehead atoms. The molecule has 7 nitrogen and oxygen atoms in total. The van der Waals surface area contributed by atoms with Crippen molar-refractivity contribution in [2.75, 3.05) is 27.6 Å². The van der Waals surface area contributed by atoms with E-state index < -0.39 is 15.8 Å². The molecule has 0 spiro atoms. The molecule has 3 aromatic rings. The molecule has 0 radical (unpaired) electrons. The molecule has 0 aliphatic carbocycles. The molecule has 0 aliphatic rings. The Balaban J connectivity index is 1.92. The quantitative estimate of drug-likeness (QED) is 0.362. The highest BCUT2D eigenvalue weighted by atomic mass is 35.5. The molecule has 0 unspecified atom stereocenters. The fourth-order valence-corrected chi connectivity index (χ4v) is 3.89. The molecular weight excluding hydrogens is 456 g/mol. The predicted molar refractivity (Wildman–Crippen MR) is 121 cm³/mol. The molecule has 0 saturated heterocycles. The van der Waals surface area contributed by atoms with Gasteiger partial charge in [-0.2, -0.15) is 0 Å². The summed E-state index contributed by atoms with van der Waals surface area (Å²) in [4.78, 5) is 13.0. The van der Waals surface area contributed by atoms with Gasteiger partial charge in [-0.1, -0.05) is 23.7 Å². The number of hydrogen-bond donors (Lipinski definition) is 0. The highest BCUT2D eigenvalue weighted by Crippen LogP contribution is 2.41. The Kier molecular flexibility index (Phi) is 6.96.